The van der Waals surface area contributed by atoms with Gasteiger partial charge in [-0.2, -0.15) is 0 Å². The molecule has 0 radical (unpaired) electrons. The SMILES string of the molecule is CC(=O)NC(=O)OC(CC=C(C)C)C1=CC(=O)c2c(O)ccc(O)c2C1=O. The second-order valence-electron chi connectivity index (χ2n) is 6.24. The van der Waals surface area contributed by atoms with E-state index in [9.17, 15) is 29.4 Å². The van der Waals surface area contributed by atoms with Crippen LogP contribution in [0.1, 0.15) is 47.9 Å². The molecule has 3 N–H and O–H groups in total. The maximum Gasteiger partial charge on any atom is 0.414 e. The van der Waals surface area contributed by atoms with Gasteiger partial charge >= 0.3 is 6.09 Å². The Labute approximate surface area is 155 Å². The van der Waals surface area contributed by atoms with E-state index in [0.717, 1.165) is 30.7 Å². The fourth-order valence-electron chi connectivity index (χ4n) is 2.61. The zero-order valence-electron chi connectivity index (χ0n) is 15.0. The number of phenols is 2. The third kappa shape index (κ3) is 4.41. The van der Waals surface area contributed by atoms with Crippen molar-refractivity contribution in [1.82, 2.24) is 5.32 Å². The average molecular weight is 373 g/mol. The molecule has 0 aromatic heterocycles. The summed E-state index contributed by atoms with van der Waals surface area (Å²) in [5, 5.41) is 21.8. The summed E-state index contributed by atoms with van der Waals surface area (Å²) in [6.07, 6.45) is 0.511. The maximum atomic E-state index is 12.8. The Morgan fingerprint density at radius 3 is 2.26 bits per heavy atom. The van der Waals surface area contributed by atoms with Crippen molar-refractivity contribution in [3.05, 3.63) is 46.6 Å². The van der Waals surface area contributed by atoms with Gasteiger partial charge in [-0.05, 0) is 32.1 Å². The van der Waals surface area contributed by atoms with Crippen LogP contribution in [0.15, 0.2) is 35.4 Å². The predicted molar refractivity (Wildman–Crippen MR) is 94.6 cm³/mol. The number of alkyl carbamates (subject to hydrolysis) is 1. The minimum Gasteiger partial charge on any atom is -0.507 e. The number of allylic oxidation sites excluding steroid dienone is 2. The largest absolute Gasteiger partial charge is 0.507 e. The van der Waals surface area contributed by atoms with Gasteiger partial charge in [-0.1, -0.05) is 11.6 Å². The van der Waals surface area contributed by atoms with Crippen LogP contribution < -0.4 is 5.32 Å². The normalized spacial score (nSPS) is 14.0. The molecule has 1 aromatic carbocycles. The van der Waals surface area contributed by atoms with Crippen LogP contribution in [-0.2, 0) is 9.53 Å². The van der Waals surface area contributed by atoms with E-state index in [2.05, 4.69) is 0 Å². The Bertz CT molecular complexity index is 892. The molecule has 1 aromatic rings. The smallest absolute Gasteiger partial charge is 0.414 e. The van der Waals surface area contributed by atoms with E-state index in [4.69, 9.17) is 4.74 Å². The molecule has 8 heteroatoms. The summed E-state index contributed by atoms with van der Waals surface area (Å²) in [5.74, 6) is -3.01. The van der Waals surface area contributed by atoms with Crippen LogP contribution in [0.4, 0.5) is 4.79 Å². The number of amides is 2. The van der Waals surface area contributed by atoms with Gasteiger partial charge in [0.1, 0.15) is 17.6 Å². The van der Waals surface area contributed by atoms with Crippen LogP contribution in [0.5, 0.6) is 11.5 Å². The Kier molecular flexibility index (Phi) is 5.79. The molecular weight excluding hydrogens is 354 g/mol. The number of ether oxygens (including phenoxy) is 1. The molecule has 2 rings (SSSR count). The Balaban J connectivity index is 2.46. The number of carbonyl (C=O) groups is 4. The number of aromatic hydroxyl groups is 2. The number of Topliss-reactive ketones (excluding diaryl/α,β-unsaturated/α-hetero) is 1. The summed E-state index contributed by atoms with van der Waals surface area (Å²) in [6, 6.07) is 2.20. The van der Waals surface area contributed by atoms with E-state index in [1.54, 1.807) is 19.9 Å². The van der Waals surface area contributed by atoms with Gasteiger partial charge in [0.25, 0.3) is 0 Å². The summed E-state index contributed by atoms with van der Waals surface area (Å²) in [4.78, 5) is 48.1. The Morgan fingerprint density at radius 1 is 1.11 bits per heavy atom. The van der Waals surface area contributed by atoms with Crippen molar-refractivity contribution in [2.45, 2.75) is 33.3 Å². The molecule has 0 saturated heterocycles. The van der Waals surface area contributed by atoms with Crippen LogP contribution in [0.3, 0.4) is 0 Å². The highest BCUT2D eigenvalue weighted by molar-refractivity contribution is 6.27. The third-order valence-corrected chi connectivity index (χ3v) is 3.80. The number of ketones is 2. The molecule has 0 aliphatic heterocycles. The molecule has 0 bridgehead atoms. The maximum absolute atomic E-state index is 12.8. The Hall–Kier alpha value is -3.42. The topological polar surface area (TPSA) is 130 Å². The fourth-order valence-corrected chi connectivity index (χ4v) is 2.61. The number of nitrogens with one attached hydrogen (secondary N) is 1. The number of fused-ring (bicyclic) bond motifs is 1. The zero-order valence-corrected chi connectivity index (χ0v) is 15.0. The highest BCUT2D eigenvalue weighted by Crippen LogP contribution is 2.36. The molecule has 0 spiro atoms. The predicted octanol–water partition coefficient (Wildman–Crippen LogP) is 2.40. The van der Waals surface area contributed by atoms with E-state index in [0.29, 0.717) is 0 Å². The highest BCUT2D eigenvalue weighted by Gasteiger charge is 2.35. The standard InChI is InChI=1S/C19H19NO7/c1-9(2)4-7-15(27-19(26)20-10(3)21)11-8-14(24)16-12(22)5-6-13(23)17(16)18(11)25/h4-6,8,15,22-23H,7H2,1-3H3,(H,20,21,26). The summed E-state index contributed by atoms with van der Waals surface area (Å²) < 4.78 is 5.15. The molecule has 1 atom stereocenters. The van der Waals surface area contributed by atoms with Crippen molar-refractivity contribution >= 4 is 23.6 Å². The lowest BCUT2D eigenvalue weighted by molar-refractivity contribution is -0.118. The lowest BCUT2D eigenvalue weighted by Crippen LogP contribution is -2.35. The average Bonchev–Trinajstić information content (AvgIpc) is 2.56. The highest BCUT2D eigenvalue weighted by atomic mass is 16.6. The lowest BCUT2D eigenvalue weighted by atomic mass is 9.85. The van der Waals surface area contributed by atoms with Gasteiger partial charge in [-0.25, -0.2) is 4.79 Å². The monoisotopic (exact) mass is 373 g/mol. The quantitative estimate of drug-likeness (QED) is 0.546. The van der Waals surface area contributed by atoms with Gasteiger partial charge in [-0.3, -0.25) is 19.7 Å². The molecule has 0 fully saturated rings. The molecular formula is C19H19NO7. The summed E-state index contributed by atoms with van der Waals surface area (Å²) in [5.41, 5.74) is 0.0597. The molecule has 2 amide bonds. The van der Waals surface area contributed by atoms with Gasteiger partial charge in [0.05, 0.1) is 11.1 Å². The molecule has 142 valence electrons. The van der Waals surface area contributed by atoms with Gasteiger partial charge < -0.3 is 14.9 Å². The van der Waals surface area contributed by atoms with Crippen molar-refractivity contribution in [3.8, 4) is 11.5 Å². The van der Waals surface area contributed by atoms with E-state index in [-0.39, 0.29) is 23.1 Å². The van der Waals surface area contributed by atoms with E-state index >= 15 is 0 Å². The molecule has 0 saturated carbocycles. The van der Waals surface area contributed by atoms with E-state index < -0.39 is 41.2 Å². The van der Waals surface area contributed by atoms with Crippen molar-refractivity contribution in [2.24, 2.45) is 0 Å². The van der Waals surface area contributed by atoms with Crippen LogP contribution in [0.2, 0.25) is 0 Å². The summed E-state index contributed by atoms with van der Waals surface area (Å²) in [6.45, 7) is 4.72. The van der Waals surface area contributed by atoms with Crippen LogP contribution in [-0.4, -0.2) is 39.9 Å². The van der Waals surface area contributed by atoms with Gasteiger partial charge in [-0.15, -0.1) is 0 Å². The molecule has 1 aliphatic carbocycles. The number of carbonyl (C=O) groups excluding carboxylic acids is 4. The van der Waals surface area contributed by atoms with Crippen molar-refractivity contribution in [2.75, 3.05) is 0 Å². The second kappa shape index (κ2) is 7.86. The van der Waals surface area contributed by atoms with Crippen LogP contribution in [0, 0.1) is 0 Å². The number of phenolic OH excluding ortho intramolecular Hbond substituents is 2. The minimum absolute atomic E-state index is 0.0768. The summed E-state index contributed by atoms with van der Waals surface area (Å²) >= 11 is 0. The van der Waals surface area contributed by atoms with Gasteiger partial charge in [0.15, 0.2) is 11.6 Å². The molecule has 0 heterocycles. The lowest BCUT2D eigenvalue weighted by Gasteiger charge is -2.23. The molecule has 8 nitrogen and oxygen atoms in total. The molecule has 27 heavy (non-hydrogen) atoms. The van der Waals surface area contributed by atoms with E-state index in [1.807, 2.05) is 5.32 Å². The van der Waals surface area contributed by atoms with Gasteiger partial charge in [0, 0.05) is 18.9 Å². The number of imide groups is 1. The first-order valence-electron chi connectivity index (χ1n) is 8.09. The van der Waals surface area contributed by atoms with Crippen LogP contribution in [0.25, 0.3) is 0 Å². The fraction of sp³-hybridized carbons (Fsp3) is 0.263. The summed E-state index contributed by atoms with van der Waals surface area (Å²) in [7, 11) is 0. The first kappa shape index (κ1) is 19.9. The second-order valence-corrected chi connectivity index (χ2v) is 6.24. The number of hydrogen-bond donors (Lipinski definition) is 3. The number of benzene rings is 1. The number of rotatable bonds is 4. The van der Waals surface area contributed by atoms with Crippen molar-refractivity contribution in [1.29, 1.82) is 0 Å². The number of hydrogen-bond acceptors (Lipinski definition) is 7. The van der Waals surface area contributed by atoms with E-state index in [1.165, 1.54) is 0 Å². The molecule has 1 aliphatic rings. The first-order valence-corrected chi connectivity index (χ1v) is 8.09. The minimum atomic E-state index is -1.16. The zero-order chi connectivity index (χ0) is 20.3. The van der Waals surface area contributed by atoms with Crippen molar-refractivity contribution < 1.29 is 34.1 Å². The van der Waals surface area contributed by atoms with Crippen LogP contribution >= 0.6 is 0 Å². The van der Waals surface area contributed by atoms with Gasteiger partial charge in [0.2, 0.25) is 5.91 Å². The Morgan fingerprint density at radius 2 is 1.70 bits per heavy atom. The first-order chi connectivity index (χ1) is 12.6. The molecule has 1 unspecified atom stereocenters. The van der Waals surface area contributed by atoms with Crippen molar-refractivity contribution in [3.63, 3.8) is 0 Å². The third-order valence-electron chi connectivity index (χ3n) is 3.80.